The van der Waals surface area contributed by atoms with E-state index in [0.29, 0.717) is 4.77 Å². The van der Waals surface area contributed by atoms with E-state index >= 15 is 0 Å². The van der Waals surface area contributed by atoms with Gasteiger partial charge in [-0.1, -0.05) is 24.6 Å². The van der Waals surface area contributed by atoms with Crippen molar-refractivity contribution in [2.75, 3.05) is 11.4 Å². The number of aromatic nitrogens is 3. The van der Waals surface area contributed by atoms with Gasteiger partial charge in [0.1, 0.15) is 0 Å². The number of hydrogen-bond donors (Lipinski definition) is 1. The Bertz CT molecular complexity index is 582. The van der Waals surface area contributed by atoms with Crippen molar-refractivity contribution in [1.29, 1.82) is 0 Å². The van der Waals surface area contributed by atoms with Crippen molar-refractivity contribution in [2.45, 2.75) is 33.7 Å². The summed E-state index contributed by atoms with van der Waals surface area (Å²) in [4.78, 5) is 2.17. The van der Waals surface area contributed by atoms with Crippen LogP contribution in [0, 0.1) is 11.7 Å². The monoisotopic (exact) mass is 276 g/mol. The van der Waals surface area contributed by atoms with Gasteiger partial charge in [-0.05, 0) is 44.6 Å². The highest BCUT2D eigenvalue weighted by Crippen LogP contribution is 2.23. The summed E-state index contributed by atoms with van der Waals surface area (Å²) >= 11 is 5.29. The van der Waals surface area contributed by atoms with Crippen molar-refractivity contribution in [3.05, 3.63) is 34.6 Å². The average Bonchev–Trinajstić information content (AvgIpc) is 2.76. The van der Waals surface area contributed by atoms with Crippen molar-refractivity contribution in [2.24, 2.45) is 0 Å². The fourth-order valence-corrected chi connectivity index (χ4v) is 2.32. The predicted molar refractivity (Wildman–Crippen MR) is 81.6 cm³/mol. The van der Waals surface area contributed by atoms with Gasteiger partial charge in [-0.15, -0.1) is 5.10 Å². The molecule has 0 spiro atoms. The Hall–Kier alpha value is -1.62. The lowest BCUT2D eigenvalue weighted by Crippen LogP contribution is -2.20. The molecule has 1 N–H and O–H groups in total. The molecule has 0 unspecified atom stereocenters. The summed E-state index contributed by atoms with van der Waals surface area (Å²) in [5.74, 6) is 0.887. The number of aromatic amines is 1. The van der Waals surface area contributed by atoms with Crippen LogP contribution in [0.2, 0.25) is 0 Å². The number of H-pyrrole nitrogens is 1. The molecule has 0 aliphatic heterocycles. The van der Waals surface area contributed by atoms with Gasteiger partial charge in [0.05, 0.1) is 0 Å². The quantitative estimate of drug-likeness (QED) is 0.844. The highest BCUT2D eigenvalue weighted by Gasteiger charge is 2.14. The third-order valence-corrected chi connectivity index (χ3v) is 3.40. The first-order chi connectivity index (χ1) is 9.17. The topological polar surface area (TPSA) is 36.9 Å². The van der Waals surface area contributed by atoms with Gasteiger partial charge in [0, 0.05) is 18.8 Å². The zero-order valence-electron chi connectivity index (χ0n) is 11.7. The van der Waals surface area contributed by atoms with Gasteiger partial charge >= 0.3 is 0 Å². The third-order valence-electron chi connectivity index (χ3n) is 3.09. The minimum absolute atomic E-state index is 0.683. The fraction of sp³-hybridized carbons (Fsp3) is 0.429. The predicted octanol–water partition coefficient (Wildman–Crippen LogP) is 3.82. The molecule has 0 fully saturated rings. The highest BCUT2D eigenvalue weighted by atomic mass is 32.1. The van der Waals surface area contributed by atoms with Gasteiger partial charge in [-0.2, -0.15) is 0 Å². The molecule has 1 aromatic heterocycles. The van der Waals surface area contributed by atoms with Gasteiger partial charge in [0.2, 0.25) is 5.95 Å². The van der Waals surface area contributed by atoms with Gasteiger partial charge < -0.3 is 4.90 Å². The van der Waals surface area contributed by atoms with E-state index in [1.54, 1.807) is 0 Å². The first-order valence-corrected chi connectivity index (χ1v) is 7.07. The van der Waals surface area contributed by atoms with Crippen LogP contribution in [0.25, 0.3) is 0 Å². The summed E-state index contributed by atoms with van der Waals surface area (Å²) in [5.41, 5.74) is 2.40. The number of hydrogen-bond acceptors (Lipinski definition) is 3. The fourth-order valence-electron chi connectivity index (χ4n) is 2.10. The van der Waals surface area contributed by atoms with Crippen LogP contribution in [0.4, 0.5) is 11.6 Å². The number of aryl methyl sites for hydroxylation is 1. The summed E-state index contributed by atoms with van der Waals surface area (Å²) in [5, 5.41) is 7.27. The second kappa shape index (κ2) is 6.02. The number of anilines is 2. The number of rotatable bonds is 5. The average molecular weight is 276 g/mol. The summed E-state index contributed by atoms with van der Waals surface area (Å²) in [6.07, 6.45) is 1.03. The van der Waals surface area contributed by atoms with E-state index in [4.69, 9.17) is 12.2 Å². The molecule has 0 aliphatic rings. The minimum Gasteiger partial charge on any atom is -0.311 e. The molecular weight excluding hydrogens is 256 g/mol. The molecule has 0 atom stereocenters. The molecule has 4 nitrogen and oxygen atoms in total. The molecule has 2 aromatic rings. The lowest BCUT2D eigenvalue weighted by atomic mass is 10.2. The van der Waals surface area contributed by atoms with Gasteiger partial charge in [0.25, 0.3) is 0 Å². The Morgan fingerprint density at radius 3 is 2.53 bits per heavy atom. The SMILES string of the molecule is CCCn1c(N(CC)c2ccc(C)cc2)n[nH]c1=S. The van der Waals surface area contributed by atoms with Crippen LogP contribution in [0.3, 0.4) is 0 Å². The largest absolute Gasteiger partial charge is 0.311 e. The van der Waals surface area contributed by atoms with Crippen LogP contribution < -0.4 is 4.90 Å². The second-order valence-corrected chi connectivity index (χ2v) is 4.95. The molecule has 0 bridgehead atoms. The van der Waals surface area contributed by atoms with E-state index in [9.17, 15) is 0 Å². The van der Waals surface area contributed by atoms with E-state index in [1.807, 2.05) is 0 Å². The molecule has 2 rings (SSSR count). The maximum absolute atomic E-state index is 5.29. The highest BCUT2D eigenvalue weighted by molar-refractivity contribution is 7.71. The van der Waals surface area contributed by atoms with Crippen molar-refractivity contribution in [3.8, 4) is 0 Å². The molecular formula is C14H20N4S. The molecule has 102 valence electrons. The Labute approximate surface area is 119 Å². The molecule has 0 saturated carbocycles. The van der Waals surface area contributed by atoms with Crippen LogP contribution in [0.5, 0.6) is 0 Å². The van der Waals surface area contributed by atoms with E-state index in [2.05, 4.69) is 64.7 Å². The molecule has 5 heteroatoms. The van der Waals surface area contributed by atoms with Crippen molar-refractivity contribution in [3.63, 3.8) is 0 Å². The lowest BCUT2D eigenvalue weighted by molar-refractivity contribution is 0.662. The second-order valence-electron chi connectivity index (χ2n) is 4.56. The molecule has 19 heavy (non-hydrogen) atoms. The summed E-state index contributed by atoms with van der Waals surface area (Å²) in [6, 6.07) is 8.46. The van der Waals surface area contributed by atoms with E-state index < -0.39 is 0 Å². The maximum Gasteiger partial charge on any atom is 0.230 e. The standard InChI is InChI=1S/C14H20N4S/c1-4-10-18-13(15-16-14(18)19)17(5-2)12-8-6-11(3)7-9-12/h6-9H,4-5,10H2,1-3H3,(H,16,19). The number of nitrogens with one attached hydrogen (secondary N) is 1. The van der Waals surface area contributed by atoms with E-state index in [1.165, 1.54) is 5.56 Å². The van der Waals surface area contributed by atoms with E-state index in [-0.39, 0.29) is 0 Å². The van der Waals surface area contributed by atoms with Gasteiger partial charge in [-0.3, -0.25) is 4.57 Å². The van der Waals surface area contributed by atoms with Crippen molar-refractivity contribution >= 4 is 23.9 Å². The molecule has 0 aliphatic carbocycles. The first-order valence-electron chi connectivity index (χ1n) is 6.66. The number of benzene rings is 1. The molecule has 1 heterocycles. The molecule has 0 amide bonds. The van der Waals surface area contributed by atoms with Crippen LogP contribution in [0.15, 0.2) is 24.3 Å². The summed E-state index contributed by atoms with van der Waals surface area (Å²) in [6.45, 7) is 8.08. The van der Waals surface area contributed by atoms with Crippen molar-refractivity contribution < 1.29 is 0 Å². The lowest BCUT2D eigenvalue weighted by Gasteiger charge is -2.22. The first kappa shape index (κ1) is 13.8. The van der Waals surface area contributed by atoms with Gasteiger partial charge in [-0.25, -0.2) is 5.10 Å². The van der Waals surface area contributed by atoms with Crippen LogP contribution in [-0.2, 0) is 6.54 Å². The third kappa shape index (κ3) is 2.87. The Balaban J connectivity index is 2.42. The minimum atomic E-state index is 0.683. The zero-order valence-corrected chi connectivity index (χ0v) is 12.5. The van der Waals surface area contributed by atoms with E-state index in [0.717, 1.165) is 31.1 Å². The van der Waals surface area contributed by atoms with Crippen molar-refractivity contribution in [1.82, 2.24) is 14.8 Å². The molecule has 0 radical (unpaired) electrons. The zero-order chi connectivity index (χ0) is 13.8. The summed E-state index contributed by atoms with van der Waals surface area (Å²) in [7, 11) is 0. The molecule has 0 saturated heterocycles. The smallest absolute Gasteiger partial charge is 0.230 e. The Morgan fingerprint density at radius 2 is 1.95 bits per heavy atom. The Morgan fingerprint density at radius 1 is 1.26 bits per heavy atom. The number of nitrogens with zero attached hydrogens (tertiary/aromatic N) is 3. The normalized spacial score (nSPS) is 10.7. The van der Waals surface area contributed by atoms with Crippen LogP contribution >= 0.6 is 12.2 Å². The molecule has 1 aromatic carbocycles. The van der Waals surface area contributed by atoms with Gasteiger partial charge in [0.15, 0.2) is 4.77 Å². The van der Waals surface area contributed by atoms with Crippen LogP contribution in [-0.4, -0.2) is 21.3 Å². The summed E-state index contributed by atoms with van der Waals surface area (Å²) < 4.78 is 2.74. The maximum atomic E-state index is 5.29. The van der Waals surface area contributed by atoms with Crippen LogP contribution in [0.1, 0.15) is 25.8 Å². The Kier molecular flexibility index (Phi) is 4.37.